The summed E-state index contributed by atoms with van der Waals surface area (Å²) in [5.41, 5.74) is -0.874. The number of terminal acetylenes is 1. The van der Waals surface area contributed by atoms with Crippen molar-refractivity contribution in [2.45, 2.75) is 63.2 Å². The SMILES string of the molecule is C#CC1(OCC(O)CNC(C)(C)CO)CCCCC1. The molecule has 0 aromatic heterocycles. The standard InChI is InChI=1S/C15H27NO3/c1-4-15(8-6-5-7-9-15)19-11-13(18)10-16-14(2,3)12-17/h1,13,16-18H,5-12H2,2-3H3. The molecule has 4 heteroatoms. The number of hydrogen-bond donors (Lipinski definition) is 3. The number of aliphatic hydroxyl groups excluding tert-OH is 2. The Morgan fingerprint density at radius 3 is 2.53 bits per heavy atom. The van der Waals surface area contributed by atoms with E-state index >= 15 is 0 Å². The van der Waals surface area contributed by atoms with Gasteiger partial charge < -0.3 is 20.3 Å². The number of nitrogens with one attached hydrogen (secondary N) is 1. The normalized spacial score (nSPS) is 20.8. The number of hydrogen-bond acceptors (Lipinski definition) is 4. The third-order valence-electron chi connectivity index (χ3n) is 3.69. The minimum absolute atomic E-state index is 0.0227. The molecule has 0 radical (unpaired) electrons. The molecule has 1 unspecified atom stereocenters. The third-order valence-corrected chi connectivity index (χ3v) is 3.69. The summed E-state index contributed by atoms with van der Waals surface area (Å²) in [6, 6.07) is 0. The topological polar surface area (TPSA) is 61.7 Å². The van der Waals surface area contributed by atoms with Gasteiger partial charge in [-0.05, 0) is 39.5 Å². The summed E-state index contributed by atoms with van der Waals surface area (Å²) in [7, 11) is 0. The van der Waals surface area contributed by atoms with Crippen LogP contribution in [0.3, 0.4) is 0 Å². The Hall–Kier alpha value is -0.600. The van der Waals surface area contributed by atoms with Crippen LogP contribution in [0.2, 0.25) is 0 Å². The van der Waals surface area contributed by atoms with Crippen LogP contribution in [0, 0.1) is 12.3 Å². The van der Waals surface area contributed by atoms with Crippen molar-refractivity contribution in [2.24, 2.45) is 0 Å². The Bertz CT molecular complexity index is 303. The zero-order valence-electron chi connectivity index (χ0n) is 12.1. The number of rotatable bonds is 7. The average molecular weight is 269 g/mol. The summed E-state index contributed by atoms with van der Waals surface area (Å²) in [6.07, 6.45) is 10.1. The van der Waals surface area contributed by atoms with Gasteiger partial charge in [0.2, 0.25) is 0 Å². The lowest BCUT2D eigenvalue weighted by molar-refractivity contribution is -0.0643. The van der Waals surface area contributed by atoms with Gasteiger partial charge >= 0.3 is 0 Å². The second kappa shape index (κ2) is 7.25. The van der Waals surface area contributed by atoms with Crippen molar-refractivity contribution >= 4 is 0 Å². The van der Waals surface area contributed by atoms with E-state index in [0.717, 1.165) is 25.7 Å². The fourth-order valence-electron chi connectivity index (χ4n) is 2.22. The minimum Gasteiger partial charge on any atom is -0.394 e. The fourth-order valence-corrected chi connectivity index (χ4v) is 2.22. The molecule has 19 heavy (non-hydrogen) atoms. The van der Waals surface area contributed by atoms with E-state index in [-0.39, 0.29) is 13.2 Å². The highest BCUT2D eigenvalue weighted by molar-refractivity contribution is 5.09. The molecule has 1 rings (SSSR count). The first-order chi connectivity index (χ1) is 8.93. The third kappa shape index (κ3) is 5.50. The van der Waals surface area contributed by atoms with Gasteiger partial charge in [-0.25, -0.2) is 0 Å². The van der Waals surface area contributed by atoms with Crippen molar-refractivity contribution in [3.05, 3.63) is 0 Å². The molecular formula is C15H27NO3. The maximum absolute atomic E-state index is 9.91. The molecule has 0 aromatic carbocycles. The highest BCUT2D eigenvalue weighted by atomic mass is 16.5. The zero-order chi connectivity index (χ0) is 14.4. The average Bonchev–Trinajstić information content (AvgIpc) is 2.44. The molecule has 0 heterocycles. The monoisotopic (exact) mass is 269 g/mol. The van der Waals surface area contributed by atoms with Crippen LogP contribution in [0.4, 0.5) is 0 Å². The van der Waals surface area contributed by atoms with Crippen molar-refractivity contribution in [1.29, 1.82) is 0 Å². The molecule has 0 amide bonds. The van der Waals surface area contributed by atoms with E-state index in [0.29, 0.717) is 6.54 Å². The lowest BCUT2D eigenvalue weighted by Gasteiger charge is -2.33. The van der Waals surface area contributed by atoms with Crippen LogP contribution in [-0.2, 0) is 4.74 Å². The summed E-state index contributed by atoms with van der Waals surface area (Å²) >= 11 is 0. The van der Waals surface area contributed by atoms with E-state index in [1.807, 2.05) is 13.8 Å². The quantitative estimate of drug-likeness (QED) is 0.605. The summed E-state index contributed by atoms with van der Waals surface area (Å²) < 4.78 is 5.79. The molecule has 3 N–H and O–H groups in total. The van der Waals surface area contributed by atoms with Gasteiger partial charge in [0, 0.05) is 12.1 Å². The molecule has 1 aliphatic rings. The largest absolute Gasteiger partial charge is 0.394 e. The van der Waals surface area contributed by atoms with Gasteiger partial charge in [0.25, 0.3) is 0 Å². The lowest BCUT2D eigenvalue weighted by Crippen LogP contribution is -2.47. The smallest absolute Gasteiger partial charge is 0.128 e. The predicted octanol–water partition coefficient (Wildman–Crippen LogP) is 1.06. The molecule has 110 valence electrons. The highest BCUT2D eigenvalue weighted by Gasteiger charge is 2.31. The van der Waals surface area contributed by atoms with E-state index in [4.69, 9.17) is 16.3 Å². The molecule has 0 saturated heterocycles. The van der Waals surface area contributed by atoms with E-state index in [9.17, 15) is 5.11 Å². The highest BCUT2D eigenvalue weighted by Crippen LogP contribution is 2.31. The Kier molecular flexibility index (Phi) is 6.28. The van der Waals surface area contributed by atoms with Crippen LogP contribution in [0.1, 0.15) is 46.0 Å². The lowest BCUT2D eigenvalue weighted by atomic mass is 9.85. The van der Waals surface area contributed by atoms with E-state index in [1.165, 1.54) is 6.42 Å². The van der Waals surface area contributed by atoms with E-state index < -0.39 is 17.2 Å². The maximum Gasteiger partial charge on any atom is 0.128 e. The second-order valence-corrected chi connectivity index (χ2v) is 6.09. The number of aliphatic hydroxyl groups is 2. The number of β-amino-alcohol motifs (C(OH)–C–C–N with tert-alkyl or cyclic N) is 1. The first-order valence-corrected chi connectivity index (χ1v) is 7.09. The molecule has 1 fully saturated rings. The van der Waals surface area contributed by atoms with Crippen molar-refractivity contribution < 1.29 is 14.9 Å². The van der Waals surface area contributed by atoms with Gasteiger partial charge in [0.1, 0.15) is 5.60 Å². The van der Waals surface area contributed by atoms with Crippen molar-refractivity contribution in [1.82, 2.24) is 5.32 Å². The Labute approximate surface area is 116 Å². The van der Waals surface area contributed by atoms with E-state index in [1.54, 1.807) is 0 Å². The van der Waals surface area contributed by atoms with Crippen LogP contribution in [0.25, 0.3) is 0 Å². The molecule has 4 nitrogen and oxygen atoms in total. The molecule has 0 spiro atoms. The maximum atomic E-state index is 9.91. The second-order valence-electron chi connectivity index (χ2n) is 6.09. The van der Waals surface area contributed by atoms with Crippen molar-refractivity contribution in [3.8, 4) is 12.3 Å². The fraction of sp³-hybridized carbons (Fsp3) is 0.867. The predicted molar refractivity (Wildman–Crippen MR) is 75.8 cm³/mol. The van der Waals surface area contributed by atoms with Gasteiger partial charge in [0.05, 0.1) is 19.3 Å². The summed E-state index contributed by atoms with van der Waals surface area (Å²) in [6.45, 7) is 4.40. The first kappa shape index (κ1) is 16.5. The minimum atomic E-state index is -0.613. The number of ether oxygens (including phenoxy) is 1. The van der Waals surface area contributed by atoms with Gasteiger partial charge in [-0.3, -0.25) is 0 Å². The Balaban J connectivity index is 2.33. The van der Waals surface area contributed by atoms with E-state index in [2.05, 4.69) is 11.2 Å². The van der Waals surface area contributed by atoms with Crippen LogP contribution >= 0.6 is 0 Å². The van der Waals surface area contributed by atoms with Gasteiger partial charge in [-0.1, -0.05) is 12.3 Å². The molecule has 1 atom stereocenters. The Morgan fingerprint density at radius 1 is 1.37 bits per heavy atom. The molecule has 1 aliphatic carbocycles. The summed E-state index contributed by atoms with van der Waals surface area (Å²) in [5, 5.41) is 22.1. The molecule has 0 bridgehead atoms. The van der Waals surface area contributed by atoms with Crippen LogP contribution in [0.5, 0.6) is 0 Å². The first-order valence-electron chi connectivity index (χ1n) is 7.09. The molecule has 1 saturated carbocycles. The van der Waals surface area contributed by atoms with Crippen LogP contribution < -0.4 is 5.32 Å². The van der Waals surface area contributed by atoms with Crippen LogP contribution in [0.15, 0.2) is 0 Å². The summed E-state index contributed by atoms with van der Waals surface area (Å²) in [5.74, 6) is 2.76. The van der Waals surface area contributed by atoms with Crippen molar-refractivity contribution in [2.75, 3.05) is 19.8 Å². The molecule has 0 aromatic rings. The van der Waals surface area contributed by atoms with Gasteiger partial charge in [-0.15, -0.1) is 6.42 Å². The zero-order valence-corrected chi connectivity index (χ0v) is 12.1. The molecule has 0 aliphatic heterocycles. The van der Waals surface area contributed by atoms with Crippen LogP contribution in [-0.4, -0.2) is 47.2 Å². The summed E-state index contributed by atoms with van der Waals surface area (Å²) in [4.78, 5) is 0. The van der Waals surface area contributed by atoms with Crippen molar-refractivity contribution in [3.63, 3.8) is 0 Å². The molecular weight excluding hydrogens is 242 g/mol. The van der Waals surface area contributed by atoms with Gasteiger partial charge in [-0.2, -0.15) is 0 Å². The van der Waals surface area contributed by atoms with Gasteiger partial charge in [0.15, 0.2) is 0 Å². The Morgan fingerprint density at radius 2 is 2.00 bits per heavy atom.